The predicted molar refractivity (Wildman–Crippen MR) is 90.8 cm³/mol. The number of hydrogen-bond acceptors (Lipinski definition) is 8. The molecule has 0 spiro atoms. The Balaban J connectivity index is 1.66. The highest BCUT2D eigenvalue weighted by molar-refractivity contribution is 5.62. The highest BCUT2D eigenvalue weighted by atomic mass is 16.5. The number of fused-ring (bicyclic) bond motifs is 3. The predicted octanol–water partition coefficient (Wildman–Crippen LogP) is 1.26. The van der Waals surface area contributed by atoms with Gasteiger partial charge in [0.15, 0.2) is 5.82 Å². The van der Waals surface area contributed by atoms with Crippen molar-refractivity contribution in [3.63, 3.8) is 0 Å². The zero-order valence-electron chi connectivity index (χ0n) is 14.3. The molecule has 0 unspecified atom stereocenters. The number of nitrogens with zero attached hydrogens (tertiary/aromatic N) is 5. The Bertz CT molecular complexity index is 838. The van der Waals surface area contributed by atoms with Crippen molar-refractivity contribution in [3.05, 3.63) is 23.7 Å². The molecule has 0 aliphatic carbocycles. The van der Waals surface area contributed by atoms with Crippen molar-refractivity contribution in [2.45, 2.75) is 44.6 Å². The Kier molecular flexibility index (Phi) is 3.05. The second-order valence-corrected chi connectivity index (χ2v) is 7.32. The van der Waals surface area contributed by atoms with Gasteiger partial charge in [0.25, 0.3) is 0 Å². The lowest BCUT2D eigenvalue weighted by Gasteiger charge is -2.29. The van der Waals surface area contributed by atoms with Crippen LogP contribution in [0.15, 0.2) is 12.4 Å². The topological polar surface area (TPSA) is 99.3 Å². The van der Waals surface area contributed by atoms with E-state index in [0.717, 1.165) is 42.2 Å². The van der Waals surface area contributed by atoms with Crippen molar-refractivity contribution < 1.29 is 9.47 Å². The second kappa shape index (κ2) is 5.09. The van der Waals surface area contributed by atoms with E-state index in [1.54, 1.807) is 12.4 Å². The molecule has 0 radical (unpaired) electrons. The number of nitrogen functional groups attached to an aromatic ring is 1. The van der Waals surface area contributed by atoms with Crippen LogP contribution in [0.3, 0.4) is 0 Å². The maximum absolute atomic E-state index is 5.99. The quantitative estimate of drug-likeness (QED) is 0.872. The second-order valence-electron chi connectivity index (χ2n) is 7.32. The summed E-state index contributed by atoms with van der Waals surface area (Å²) in [5.74, 6) is 1.80. The van der Waals surface area contributed by atoms with E-state index in [4.69, 9.17) is 25.2 Å². The summed E-state index contributed by atoms with van der Waals surface area (Å²) in [6.45, 7) is 6.24. The number of anilines is 2. The molecular weight excluding hydrogens is 320 g/mol. The first kappa shape index (κ1) is 15.0. The molecule has 2 N–H and O–H groups in total. The minimum atomic E-state index is -0.439. The lowest BCUT2D eigenvalue weighted by Crippen LogP contribution is -2.38. The molecule has 8 heteroatoms. The van der Waals surface area contributed by atoms with Gasteiger partial charge in [-0.1, -0.05) is 0 Å². The summed E-state index contributed by atoms with van der Waals surface area (Å²) in [4.78, 5) is 20.1. The average Bonchev–Trinajstić information content (AvgIpc) is 3.30. The van der Waals surface area contributed by atoms with Crippen LogP contribution < -0.4 is 10.6 Å². The van der Waals surface area contributed by atoms with Crippen LogP contribution in [0.5, 0.6) is 0 Å². The number of nitrogens with two attached hydrogens (primary N) is 1. The Labute approximate surface area is 145 Å². The summed E-state index contributed by atoms with van der Waals surface area (Å²) >= 11 is 0. The molecule has 2 bridgehead atoms. The molecule has 2 fully saturated rings. The standard InChI is InChI=1S/C17H20N6O2/c1-17(2)13-12(8-25-17)15(23-6-11-3-10(23)7-24-11)22-14(21-13)9-4-19-16(18)20-5-9/h4-5,10-11H,3,6-8H2,1-2H3,(H2,18,19,20)/t10-,11-/m1/s1. The van der Waals surface area contributed by atoms with Gasteiger partial charge in [-0.25, -0.2) is 19.9 Å². The smallest absolute Gasteiger partial charge is 0.219 e. The van der Waals surface area contributed by atoms with Crippen LogP contribution in [0.25, 0.3) is 11.4 Å². The van der Waals surface area contributed by atoms with Gasteiger partial charge >= 0.3 is 0 Å². The SMILES string of the molecule is CC1(C)OCc2c(N3C[C@H]4C[C@@H]3CO4)nc(-c3cnc(N)nc3)nc21. The molecule has 0 amide bonds. The maximum Gasteiger partial charge on any atom is 0.219 e. The highest BCUT2D eigenvalue weighted by Crippen LogP contribution is 2.42. The number of hydrogen-bond donors (Lipinski definition) is 1. The van der Waals surface area contributed by atoms with Gasteiger partial charge in [0.2, 0.25) is 5.95 Å². The van der Waals surface area contributed by atoms with Crippen molar-refractivity contribution in [1.29, 1.82) is 0 Å². The van der Waals surface area contributed by atoms with Gasteiger partial charge in [-0.15, -0.1) is 0 Å². The molecule has 3 aliphatic heterocycles. The van der Waals surface area contributed by atoms with Crippen molar-refractivity contribution >= 4 is 11.8 Å². The van der Waals surface area contributed by atoms with E-state index in [1.165, 1.54) is 0 Å². The third-order valence-electron chi connectivity index (χ3n) is 5.24. The molecule has 5 heterocycles. The van der Waals surface area contributed by atoms with Crippen LogP contribution >= 0.6 is 0 Å². The normalized spacial score (nSPS) is 26.2. The number of rotatable bonds is 2. The summed E-state index contributed by atoms with van der Waals surface area (Å²) in [7, 11) is 0. The largest absolute Gasteiger partial charge is 0.374 e. The fraction of sp³-hybridized carbons (Fsp3) is 0.529. The summed E-state index contributed by atoms with van der Waals surface area (Å²) in [6, 6.07) is 0.378. The molecule has 0 saturated carbocycles. The van der Waals surface area contributed by atoms with Gasteiger partial charge in [0, 0.05) is 24.5 Å². The average molecular weight is 340 g/mol. The fourth-order valence-electron chi connectivity index (χ4n) is 3.90. The Morgan fingerprint density at radius 1 is 1.24 bits per heavy atom. The Morgan fingerprint density at radius 2 is 2.04 bits per heavy atom. The van der Waals surface area contributed by atoms with Crippen molar-refractivity contribution in [3.8, 4) is 11.4 Å². The molecule has 0 aromatic carbocycles. The van der Waals surface area contributed by atoms with Crippen molar-refractivity contribution in [2.75, 3.05) is 23.8 Å². The molecule has 2 aromatic heterocycles. The van der Waals surface area contributed by atoms with Gasteiger partial charge in [-0.05, 0) is 20.3 Å². The first-order valence-electron chi connectivity index (χ1n) is 8.53. The van der Waals surface area contributed by atoms with Crippen molar-refractivity contribution in [2.24, 2.45) is 0 Å². The van der Waals surface area contributed by atoms with E-state index in [-0.39, 0.29) is 5.95 Å². The van der Waals surface area contributed by atoms with Crippen molar-refractivity contribution in [1.82, 2.24) is 19.9 Å². The van der Waals surface area contributed by atoms with Gasteiger partial charge in [-0.3, -0.25) is 0 Å². The molecule has 5 rings (SSSR count). The van der Waals surface area contributed by atoms with Gasteiger partial charge in [0.1, 0.15) is 11.4 Å². The summed E-state index contributed by atoms with van der Waals surface area (Å²) in [5, 5.41) is 0. The van der Waals surface area contributed by atoms with Crippen LogP contribution in [-0.2, 0) is 21.7 Å². The minimum absolute atomic E-state index is 0.239. The van der Waals surface area contributed by atoms with E-state index >= 15 is 0 Å². The zero-order valence-corrected chi connectivity index (χ0v) is 14.3. The van der Waals surface area contributed by atoms with Crippen LogP contribution in [-0.4, -0.2) is 45.2 Å². The van der Waals surface area contributed by atoms with Gasteiger partial charge in [0.05, 0.1) is 36.6 Å². The first-order chi connectivity index (χ1) is 12.0. The molecule has 2 aromatic rings. The minimum Gasteiger partial charge on any atom is -0.374 e. The van der Waals surface area contributed by atoms with E-state index in [2.05, 4.69) is 14.9 Å². The summed E-state index contributed by atoms with van der Waals surface area (Å²) < 4.78 is 11.7. The fourth-order valence-corrected chi connectivity index (χ4v) is 3.90. The van der Waals surface area contributed by atoms with Crippen LogP contribution in [0.1, 0.15) is 31.5 Å². The third kappa shape index (κ3) is 2.28. The van der Waals surface area contributed by atoms with E-state index in [1.807, 2.05) is 13.8 Å². The van der Waals surface area contributed by atoms with Crippen LogP contribution in [0.2, 0.25) is 0 Å². The highest BCUT2D eigenvalue weighted by Gasteiger charge is 2.43. The first-order valence-corrected chi connectivity index (χ1v) is 8.53. The van der Waals surface area contributed by atoms with E-state index < -0.39 is 5.60 Å². The molecule has 2 atom stereocenters. The summed E-state index contributed by atoms with van der Waals surface area (Å²) in [5.41, 5.74) is 7.94. The van der Waals surface area contributed by atoms with Crippen LogP contribution in [0, 0.1) is 0 Å². The molecular formula is C17H20N6O2. The van der Waals surface area contributed by atoms with Gasteiger partial charge in [-0.2, -0.15) is 0 Å². The summed E-state index contributed by atoms with van der Waals surface area (Å²) in [6.07, 6.45) is 4.68. The van der Waals surface area contributed by atoms with E-state index in [0.29, 0.717) is 24.6 Å². The lowest BCUT2D eigenvalue weighted by molar-refractivity contribution is -0.0100. The number of aromatic nitrogens is 4. The lowest BCUT2D eigenvalue weighted by atomic mass is 10.0. The molecule has 8 nitrogen and oxygen atoms in total. The van der Waals surface area contributed by atoms with Gasteiger partial charge < -0.3 is 20.1 Å². The molecule has 2 saturated heterocycles. The van der Waals surface area contributed by atoms with E-state index in [9.17, 15) is 0 Å². The molecule has 25 heavy (non-hydrogen) atoms. The molecule has 130 valence electrons. The molecule has 3 aliphatic rings. The number of morpholine rings is 1. The Hall–Kier alpha value is -2.32. The maximum atomic E-state index is 5.99. The van der Waals surface area contributed by atoms with Crippen LogP contribution in [0.4, 0.5) is 11.8 Å². The third-order valence-corrected chi connectivity index (χ3v) is 5.24. The zero-order chi connectivity index (χ0) is 17.2. The number of ether oxygens (including phenoxy) is 2. The monoisotopic (exact) mass is 340 g/mol. The Morgan fingerprint density at radius 3 is 2.72 bits per heavy atom.